The van der Waals surface area contributed by atoms with Gasteiger partial charge < -0.3 is 9.84 Å². The zero-order valence-corrected chi connectivity index (χ0v) is 9.20. The van der Waals surface area contributed by atoms with E-state index in [0.717, 1.165) is 0 Å². The minimum absolute atomic E-state index is 0.0595. The largest absolute Gasteiger partial charge is 0.394 e. The SMILES string of the molecule is C=CC1CC(CO)OC1n1ccc(=O)[nH]c1=O. The Morgan fingerprint density at radius 2 is 2.41 bits per heavy atom. The van der Waals surface area contributed by atoms with E-state index in [2.05, 4.69) is 11.6 Å². The average Bonchev–Trinajstić information content (AvgIpc) is 2.72. The average molecular weight is 238 g/mol. The van der Waals surface area contributed by atoms with E-state index in [1.54, 1.807) is 6.08 Å². The van der Waals surface area contributed by atoms with Gasteiger partial charge in [-0.05, 0) is 6.42 Å². The monoisotopic (exact) mass is 238 g/mol. The van der Waals surface area contributed by atoms with E-state index in [1.807, 2.05) is 0 Å². The first-order valence-corrected chi connectivity index (χ1v) is 5.36. The van der Waals surface area contributed by atoms with Gasteiger partial charge in [0.25, 0.3) is 5.56 Å². The summed E-state index contributed by atoms with van der Waals surface area (Å²) in [6.45, 7) is 3.59. The van der Waals surface area contributed by atoms with Crippen molar-refractivity contribution >= 4 is 0 Å². The number of hydrogen-bond donors (Lipinski definition) is 2. The van der Waals surface area contributed by atoms with Gasteiger partial charge in [-0.2, -0.15) is 0 Å². The first kappa shape index (κ1) is 11.8. The zero-order valence-electron chi connectivity index (χ0n) is 9.20. The molecule has 1 saturated heterocycles. The second-order valence-corrected chi connectivity index (χ2v) is 3.98. The zero-order chi connectivity index (χ0) is 12.4. The third kappa shape index (κ3) is 2.22. The van der Waals surface area contributed by atoms with E-state index in [0.29, 0.717) is 6.42 Å². The number of aliphatic hydroxyl groups is 1. The normalized spacial score (nSPS) is 28.2. The molecule has 2 rings (SSSR count). The lowest BCUT2D eigenvalue weighted by atomic mass is 10.0. The number of aliphatic hydroxyl groups excluding tert-OH is 1. The molecule has 2 N–H and O–H groups in total. The molecule has 0 radical (unpaired) electrons. The van der Waals surface area contributed by atoms with Crippen LogP contribution in [0.2, 0.25) is 0 Å². The van der Waals surface area contributed by atoms with Crippen LogP contribution in [0.25, 0.3) is 0 Å². The van der Waals surface area contributed by atoms with Gasteiger partial charge in [-0.3, -0.25) is 14.3 Å². The van der Waals surface area contributed by atoms with Gasteiger partial charge in [0, 0.05) is 18.2 Å². The van der Waals surface area contributed by atoms with Gasteiger partial charge in [0.05, 0.1) is 12.7 Å². The van der Waals surface area contributed by atoms with Crippen molar-refractivity contribution in [2.45, 2.75) is 18.8 Å². The van der Waals surface area contributed by atoms with Crippen molar-refractivity contribution in [1.82, 2.24) is 9.55 Å². The Morgan fingerprint density at radius 3 is 3.00 bits per heavy atom. The van der Waals surface area contributed by atoms with Gasteiger partial charge in [-0.15, -0.1) is 6.58 Å². The second-order valence-electron chi connectivity index (χ2n) is 3.98. The van der Waals surface area contributed by atoms with Crippen LogP contribution in [0, 0.1) is 5.92 Å². The first-order valence-electron chi connectivity index (χ1n) is 5.36. The highest BCUT2D eigenvalue weighted by molar-refractivity contribution is 4.94. The van der Waals surface area contributed by atoms with Crippen LogP contribution in [0.1, 0.15) is 12.6 Å². The van der Waals surface area contributed by atoms with Crippen LogP contribution in [0.5, 0.6) is 0 Å². The molecular formula is C11H14N2O4. The predicted molar refractivity (Wildman–Crippen MR) is 60.6 cm³/mol. The third-order valence-electron chi connectivity index (χ3n) is 2.86. The van der Waals surface area contributed by atoms with Gasteiger partial charge in [0.1, 0.15) is 6.23 Å². The van der Waals surface area contributed by atoms with Gasteiger partial charge in [0.2, 0.25) is 0 Å². The molecule has 92 valence electrons. The highest BCUT2D eigenvalue weighted by Crippen LogP contribution is 2.33. The van der Waals surface area contributed by atoms with Crippen molar-refractivity contribution in [3.63, 3.8) is 0 Å². The van der Waals surface area contributed by atoms with Gasteiger partial charge in [-0.25, -0.2) is 4.79 Å². The summed E-state index contributed by atoms with van der Waals surface area (Å²) < 4.78 is 6.85. The minimum atomic E-state index is -0.520. The lowest BCUT2D eigenvalue weighted by Crippen LogP contribution is -2.33. The Kier molecular flexibility index (Phi) is 3.26. The molecule has 2 heterocycles. The second kappa shape index (κ2) is 4.68. The van der Waals surface area contributed by atoms with Crippen LogP contribution in [-0.4, -0.2) is 27.4 Å². The molecule has 0 bridgehead atoms. The summed E-state index contributed by atoms with van der Waals surface area (Å²) in [5, 5.41) is 9.05. The molecule has 0 spiro atoms. The Labute approximate surface area is 97.2 Å². The summed E-state index contributed by atoms with van der Waals surface area (Å²) in [4.78, 5) is 24.7. The molecular weight excluding hydrogens is 224 g/mol. The lowest BCUT2D eigenvalue weighted by molar-refractivity contribution is -0.0311. The van der Waals surface area contributed by atoms with Crippen LogP contribution in [-0.2, 0) is 4.74 Å². The molecule has 1 aromatic rings. The summed E-state index contributed by atoms with van der Waals surface area (Å²) in [6, 6.07) is 1.26. The van der Waals surface area contributed by atoms with Crippen LogP contribution in [0.3, 0.4) is 0 Å². The maximum Gasteiger partial charge on any atom is 0.330 e. The summed E-state index contributed by atoms with van der Waals surface area (Å²) in [7, 11) is 0. The molecule has 1 aromatic heterocycles. The van der Waals surface area contributed by atoms with E-state index in [-0.39, 0.29) is 18.6 Å². The highest BCUT2D eigenvalue weighted by atomic mass is 16.5. The van der Waals surface area contributed by atoms with E-state index in [9.17, 15) is 9.59 Å². The Hall–Kier alpha value is -1.66. The van der Waals surface area contributed by atoms with Crippen molar-refractivity contribution in [2.75, 3.05) is 6.61 Å². The van der Waals surface area contributed by atoms with Crippen molar-refractivity contribution in [2.24, 2.45) is 5.92 Å². The number of nitrogens with zero attached hydrogens (tertiary/aromatic N) is 1. The topological polar surface area (TPSA) is 84.3 Å². The standard InChI is InChI=1S/C11H14N2O4/c1-2-7-5-8(6-14)17-10(7)13-4-3-9(15)12-11(13)16/h2-4,7-8,10,14H,1,5-6H2,(H,12,15,16). The molecule has 1 aliphatic rings. The number of aromatic amines is 1. The number of ether oxygens (including phenoxy) is 1. The molecule has 6 nitrogen and oxygen atoms in total. The molecule has 1 fully saturated rings. The van der Waals surface area contributed by atoms with Crippen LogP contribution >= 0.6 is 0 Å². The van der Waals surface area contributed by atoms with Crippen LogP contribution in [0.4, 0.5) is 0 Å². The minimum Gasteiger partial charge on any atom is -0.394 e. The quantitative estimate of drug-likeness (QED) is 0.703. The maximum absolute atomic E-state index is 11.6. The Balaban J connectivity index is 2.35. The molecule has 0 aliphatic carbocycles. The van der Waals surface area contributed by atoms with Gasteiger partial charge in [-0.1, -0.05) is 6.08 Å². The Bertz CT molecular complexity index is 519. The fraction of sp³-hybridized carbons (Fsp3) is 0.455. The van der Waals surface area contributed by atoms with Crippen molar-refractivity contribution < 1.29 is 9.84 Å². The fourth-order valence-electron chi connectivity index (χ4n) is 2.00. The number of aromatic nitrogens is 2. The highest BCUT2D eigenvalue weighted by Gasteiger charge is 2.34. The van der Waals surface area contributed by atoms with Crippen LogP contribution < -0.4 is 11.2 Å². The number of nitrogens with one attached hydrogen (secondary N) is 1. The molecule has 0 aromatic carbocycles. The van der Waals surface area contributed by atoms with Crippen molar-refractivity contribution in [3.05, 3.63) is 45.8 Å². The van der Waals surface area contributed by atoms with Crippen molar-refractivity contribution in [3.8, 4) is 0 Å². The summed E-state index contributed by atoms with van der Waals surface area (Å²) in [5.74, 6) is -0.0595. The summed E-state index contributed by atoms with van der Waals surface area (Å²) in [6.07, 6.45) is 2.87. The molecule has 3 atom stereocenters. The maximum atomic E-state index is 11.6. The third-order valence-corrected chi connectivity index (χ3v) is 2.86. The number of H-pyrrole nitrogens is 1. The van der Waals surface area contributed by atoms with E-state index < -0.39 is 17.5 Å². The van der Waals surface area contributed by atoms with E-state index in [4.69, 9.17) is 9.84 Å². The molecule has 1 aliphatic heterocycles. The number of hydrogen-bond acceptors (Lipinski definition) is 4. The summed E-state index contributed by atoms with van der Waals surface area (Å²) in [5.41, 5.74) is -0.967. The van der Waals surface area contributed by atoms with Crippen LogP contribution in [0.15, 0.2) is 34.5 Å². The number of rotatable bonds is 3. The summed E-state index contributed by atoms with van der Waals surface area (Å²) >= 11 is 0. The molecule has 17 heavy (non-hydrogen) atoms. The van der Waals surface area contributed by atoms with Crippen molar-refractivity contribution in [1.29, 1.82) is 0 Å². The van der Waals surface area contributed by atoms with E-state index in [1.165, 1.54) is 16.8 Å². The smallest absolute Gasteiger partial charge is 0.330 e. The van der Waals surface area contributed by atoms with Gasteiger partial charge >= 0.3 is 5.69 Å². The first-order chi connectivity index (χ1) is 8.15. The predicted octanol–water partition coefficient (Wildman–Crippen LogP) is -0.381. The van der Waals surface area contributed by atoms with Gasteiger partial charge in [0.15, 0.2) is 0 Å². The molecule has 6 heteroatoms. The van der Waals surface area contributed by atoms with E-state index >= 15 is 0 Å². The Morgan fingerprint density at radius 1 is 1.65 bits per heavy atom. The fourth-order valence-corrected chi connectivity index (χ4v) is 2.00. The molecule has 0 saturated carbocycles. The molecule has 0 amide bonds. The molecule has 3 unspecified atom stereocenters. The lowest BCUT2D eigenvalue weighted by Gasteiger charge is -2.17.